The molecule has 3 aromatic rings. The van der Waals surface area contributed by atoms with Crippen molar-refractivity contribution in [1.29, 1.82) is 0 Å². The smallest absolute Gasteiger partial charge is 0.213 e. The number of fused-ring (bicyclic) bond motifs is 1. The van der Waals surface area contributed by atoms with Crippen molar-refractivity contribution in [3.63, 3.8) is 0 Å². The molecule has 0 spiro atoms. The number of amides is 1. The molecule has 1 amide bonds. The molecule has 0 aliphatic carbocycles. The van der Waals surface area contributed by atoms with Crippen LogP contribution in [0.1, 0.15) is 0 Å². The minimum absolute atomic E-state index is 0.546. The van der Waals surface area contributed by atoms with E-state index >= 15 is 0 Å². The van der Waals surface area contributed by atoms with Gasteiger partial charge in [-0.3, -0.25) is 9.78 Å². The third-order valence-electron chi connectivity index (χ3n) is 2.15. The van der Waals surface area contributed by atoms with Crippen LogP contribution in [0.4, 0.5) is 5.13 Å². The molecule has 18 heavy (non-hydrogen) atoms. The van der Waals surface area contributed by atoms with Gasteiger partial charge < -0.3 is 5.32 Å². The zero-order valence-electron chi connectivity index (χ0n) is 8.75. The molecule has 90 valence electrons. The quantitative estimate of drug-likeness (QED) is 0.743. The van der Waals surface area contributed by atoms with Crippen molar-refractivity contribution < 1.29 is 4.79 Å². The summed E-state index contributed by atoms with van der Waals surface area (Å²) in [6, 6.07) is 1.87. The number of carbonyl (C=O) groups excluding carboxylic acids is 1. The number of nitrogens with one attached hydrogen (secondary N) is 1. The van der Waals surface area contributed by atoms with Crippen LogP contribution in [0.3, 0.4) is 0 Å². The molecule has 0 aliphatic rings. The van der Waals surface area contributed by atoms with Gasteiger partial charge in [-0.2, -0.15) is 0 Å². The molecular formula is C10H5BrN4OS2. The Balaban J connectivity index is 2.10. The van der Waals surface area contributed by atoms with Gasteiger partial charge in [0.15, 0.2) is 5.13 Å². The summed E-state index contributed by atoms with van der Waals surface area (Å²) in [6.07, 6.45) is 4.11. The normalized spacial score (nSPS) is 10.7. The second-order valence-corrected chi connectivity index (χ2v) is 6.04. The topological polar surface area (TPSA) is 67.8 Å². The molecule has 1 N–H and O–H groups in total. The van der Waals surface area contributed by atoms with Gasteiger partial charge in [0.1, 0.15) is 9.61 Å². The summed E-state index contributed by atoms with van der Waals surface area (Å²) in [5, 5.41) is 3.94. The third-order valence-corrected chi connectivity index (χ3v) is 5.14. The number of rotatable bonds is 3. The third kappa shape index (κ3) is 2.02. The summed E-state index contributed by atoms with van der Waals surface area (Å²) in [7, 11) is 0. The maximum absolute atomic E-state index is 10.4. The maximum atomic E-state index is 10.4. The average molecular weight is 341 g/mol. The van der Waals surface area contributed by atoms with Gasteiger partial charge in [0, 0.05) is 12.4 Å². The first-order valence-electron chi connectivity index (χ1n) is 4.85. The molecule has 0 saturated carbocycles. The fourth-order valence-corrected chi connectivity index (χ4v) is 4.10. The van der Waals surface area contributed by atoms with Gasteiger partial charge in [-0.15, -0.1) is 11.3 Å². The molecule has 3 aromatic heterocycles. The van der Waals surface area contributed by atoms with Crippen LogP contribution >= 0.6 is 38.6 Å². The predicted octanol–water partition coefficient (Wildman–Crippen LogP) is 3.15. The van der Waals surface area contributed by atoms with Crippen LogP contribution < -0.4 is 5.32 Å². The van der Waals surface area contributed by atoms with E-state index in [1.165, 1.54) is 11.3 Å². The minimum atomic E-state index is 0.546. The van der Waals surface area contributed by atoms with Crippen LogP contribution in [0.15, 0.2) is 23.1 Å². The molecule has 0 atom stereocenters. The molecule has 8 heteroatoms. The molecule has 0 saturated heterocycles. The lowest BCUT2D eigenvalue weighted by molar-refractivity contribution is -0.105. The van der Waals surface area contributed by atoms with Crippen LogP contribution in [0.5, 0.6) is 0 Å². The number of anilines is 1. The Kier molecular flexibility index (Phi) is 3.06. The van der Waals surface area contributed by atoms with E-state index in [-0.39, 0.29) is 0 Å². The van der Waals surface area contributed by atoms with Crippen LogP contribution in [-0.2, 0) is 4.79 Å². The Morgan fingerprint density at radius 1 is 1.33 bits per heavy atom. The highest BCUT2D eigenvalue weighted by atomic mass is 79.9. The van der Waals surface area contributed by atoms with Gasteiger partial charge in [-0.25, -0.2) is 9.97 Å². The van der Waals surface area contributed by atoms with Gasteiger partial charge in [-0.05, 0) is 22.0 Å². The molecule has 3 heterocycles. The molecule has 0 aromatic carbocycles. The molecule has 0 fully saturated rings. The summed E-state index contributed by atoms with van der Waals surface area (Å²) < 4.78 is 1.71. The van der Waals surface area contributed by atoms with Gasteiger partial charge >= 0.3 is 0 Å². The number of pyridine rings is 1. The zero-order valence-corrected chi connectivity index (χ0v) is 12.0. The Morgan fingerprint density at radius 3 is 3.00 bits per heavy atom. The van der Waals surface area contributed by atoms with Gasteiger partial charge in [0.2, 0.25) is 6.41 Å². The van der Waals surface area contributed by atoms with Crippen molar-refractivity contribution in [2.24, 2.45) is 0 Å². The molecule has 0 bridgehead atoms. The van der Waals surface area contributed by atoms with Gasteiger partial charge in [-0.1, -0.05) is 11.3 Å². The summed E-state index contributed by atoms with van der Waals surface area (Å²) in [5.74, 6) is 0. The maximum Gasteiger partial charge on any atom is 0.213 e. The van der Waals surface area contributed by atoms with E-state index in [2.05, 4.69) is 36.2 Å². The lowest BCUT2D eigenvalue weighted by atomic mass is 10.4. The Bertz CT molecular complexity index is 691. The van der Waals surface area contributed by atoms with Gasteiger partial charge in [0.25, 0.3) is 0 Å². The number of aromatic nitrogens is 3. The number of thiazole rings is 2. The molecule has 5 nitrogen and oxygen atoms in total. The molecule has 0 radical (unpaired) electrons. The van der Waals surface area contributed by atoms with Crippen LogP contribution in [0, 0.1) is 0 Å². The average Bonchev–Trinajstić information content (AvgIpc) is 2.92. The van der Waals surface area contributed by atoms with Crippen molar-refractivity contribution in [3.8, 4) is 9.88 Å². The number of halogens is 1. The largest absolute Gasteiger partial charge is 0.305 e. The Labute approximate surface area is 118 Å². The standard InChI is InChI=1S/C10H5BrN4OS2/c11-8-7(18-10(15-8)13-4-16)9-14-5-1-2-12-3-6(5)17-9/h1-4H,(H,13,15,16). The van der Waals surface area contributed by atoms with E-state index in [1.807, 2.05) is 6.07 Å². The first-order valence-corrected chi connectivity index (χ1v) is 7.28. The van der Waals surface area contributed by atoms with Crippen molar-refractivity contribution in [2.45, 2.75) is 0 Å². The second kappa shape index (κ2) is 4.71. The molecule has 0 unspecified atom stereocenters. The summed E-state index contributed by atoms with van der Waals surface area (Å²) in [5.41, 5.74) is 0.912. The van der Waals surface area contributed by atoms with Crippen molar-refractivity contribution in [3.05, 3.63) is 23.1 Å². The highest BCUT2D eigenvalue weighted by Gasteiger charge is 2.14. The SMILES string of the molecule is O=CNc1nc(Br)c(-c2nc3ccncc3s2)s1. The Hall–Kier alpha value is -1.38. The predicted molar refractivity (Wildman–Crippen MR) is 75.9 cm³/mol. The second-order valence-electron chi connectivity index (χ2n) is 3.26. The van der Waals surface area contributed by atoms with Gasteiger partial charge in [0.05, 0.1) is 15.1 Å². The number of hydrogen-bond acceptors (Lipinski definition) is 6. The van der Waals surface area contributed by atoms with E-state index in [4.69, 9.17) is 0 Å². The van der Waals surface area contributed by atoms with Crippen LogP contribution in [0.2, 0.25) is 0 Å². The molecular weight excluding hydrogens is 336 g/mol. The van der Waals surface area contributed by atoms with Crippen LogP contribution in [-0.4, -0.2) is 21.4 Å². The fourth-order valence-electron chi connectivity index (χ4n) is 1.42. The van der Waals surface area contributed by atoms with E-state index in [9.17, 15) is 4.79 Å². The van der Waals surface area contributed by atoms with E-state index in [0.29, 0.717) is 16.1 Å². The van der Waals surface area contributed by atoms with E-state index in [1.54, 1.807) is 23.7 Å². The number of nitrogens with zero attached hydrogens (tertiary/aromatic N) is 3. The highest BCUT2D eigenvalue weighted by Crippen LogP contribution is 2.39. The molecule has 3 rings (SSSR count). The van der Waals surface area contributed by atoms with E-state index < -0.39 is 0 Å². The number of hydrogen-bond donors (Lipinski definition) is 1. The summed E-state index contributed by atoms with van der Waals surface area (Å²) in [6.45, 7) is 0. The minimum Gasteiger partial charge on any atom is -0.305 e. The van der Waals surface area contributed by atoms with Crippen molar-refractivity contribution >= 4 is 60.4 Å². The van der Waals surface area contributed by atoms with Crippen molar-refractivity contribution in [2.75, 3.05) is 5.32 Å². The fraction of sp³-hybridized carbons (Fsp3) is 0. The lowest BCUT2D eigenvalue weighted by Gasteiger charge is -1.87. The summed E-state index contributed by atoms with van der Waals surface area (Å²) in [4.78, 5) is 24.1. The first-order chi connectivity index (χ1) is 8.78. The highest BCUT2D eigenvalue weighted by molar-refractivity contribution is 9.10. The first kappa shape index (κ1) is 11.7. The summed E-state index contributed by atoms with van der Waals surface area (Å²) >= 11 is 6.30. The van der Waals surface area contributed by atoms with E-state index in [0.717, 1.165) is 20.1 Å². The van der Waals surface area contributed by atoms with Crippen molar-refractivity contribution in [1.82, 2.24) is 15.0 Å². The zero-order chi connectivity index (χ0) is 12.5. The Morgan fingerprint density at radius 2 is 2.22 bits per heavy atom. The molecule has 0 aliphatic heterocycles. The number of carbonyl (C=O) groups is 1. The lowest BCUT2D eigenvalue weighted by Crippen LogP contribution is -1.91. The monoisotopic (exact) mass is 340 g/mol. The van der Waals surface area contributed by atoms with Crippen LogP contribution in [0.25, 0.3) is 20.1 Å².